The Hall–Kier alpha value is -0.310. The van der Waals surface area contributed by atoms with Crippen molar-refractivity contribution in [3.63, 3.8) is 0 Å². The second-order valence-electron chi connectivity index (χ2n) is 2.29. The predicted octanol–water partition coefficient (Wildman–Crippen LogP) is 1.88. The third kappa shape index (κ3) is 3.56. The molecule has 0 aromatic carbocycles. The molecule has 0 aromatic heterocycles. The summed E-state index contributed by atoms with van der Waals surface area (Å²) in [5.41, 5.74) is 0. The van der Waals surface area contributed by atoms with Gasteiger partial charge in [0.1, 0.15) is 5.78 Å². The molecule has 1 unspecified atom stereocenters. The topological polar surface area (TPSA) is 34.1 Å². The maximum absolute atomic E-state index is 11.1. The van der Waals surface area contributed by atoms with Crippen molar-refractivity contribution in [3.05, 3.63) is 0 Å². The molecule has 0 heterocycles. The van der Waals surface area contributed by atoms with Gasteiger partial charge in [0.2, 0.25) is 0 Å². The molecule has 0 spiro atoms. The summed E-state index contributed by atoms with van der Waals surface area (Å²) < 4.78 is 0. The van der Waals surface area contributed by atoms with Gasteiger partial charge in [-0.3, -0.25) is 9.59 Å². The third-order valence-electron chi connectivity index (χ3n) is 1.47. The number of hydrogen-bond donors (Lipinski definition) is 0. The Morgan fingerprint density at radius 1 is 1.36 bits per heavy atom. The first-order chi connectivity index (χ1) is 5.13. The van der Waals surface area contributed by atoms with E-state index in [0.29, 0.717) is 6.42 Å². The van der Waals surface area contributed by atoms with Gasteiger partial charge in [-0.15, -0.1) is 0 Å². The van der Waals surface area contributed by atoms with E-state index >= 15 is 0 Å². The molecule has 2 nitrogen and oxygen atoms in total. The number of thioether (sulfide) groups is 1. The van der Waals surface area contributed by atoms with Crippen molar-refractivity contribution < 1.29 is 9.59 Å². The van der Waals surface area contributed by atoms with Crippen LogP contribution in [-0.2, 0) is 9.59 Å². The fraction of sp³-hybridized carbons (Fsp3) is 0.750. The number of rotatable bonds is 4. The van der Waals surface area contributed by atoms with E-state index < -0.39 is 5.92 Å². The lowest BCUT2D eigenvalue weighted by molar-refractivity contribution is -0.127. The summed E-state index contributed by atoms with van der Waals surface area (Å²) in [5.74, 6) is 0.376. The highest BCUT2D eigenvalue weighted by molar-refractivity contribution is 8.13. The minimum atomic E-state index is -0.412. The van der Waals surface area contributed by atoms with Crippen LogP contribution in [-0.4, -0.2) is 16.7 Å². The van der Waals surface area contributed by atoms with Crippen molar-refractivity contribution in [3.8, 4) is 0 Å². The fourth-order valence-electron chi connectivity index (χ4n) is 0.705. The molecule has 0 aliphatic rings. The molecule has 0 fully saturated rings. The second-order valence-corrected chi connectivity index (χ2v) is 3.56. The minimum absolute atomic E-state index is 0.000602. The molecule has 0 aromatic rings. The van der Waals surface area contributed by atoms with Crippen LogP contribution in [0.1, 0.15) is 27.2 Å². The zero-order valence-corrected chi connectivity index (χ0v) is 8.03. The Labute approximate surface area is 71.7 Å². The van der Waals surface area contributed by atoms with Crippen molar-refractivity contribution in [2.24, 2.45) is 5.92 Å². The highest BCUT2D eigenvalue weighted by atomic mass is 32.2. The summed E-state index contributed by atoms with van der Waals surface area (Å²) in [6, 6.07) is 0. The lowest BCUT2D eigenvalue weighted by Gasteiger charge is -2.05. The van der Waals surface area contributed by atoms with Crippen LogP contribution < -0.4 is 0 Å². The number of carbonyl (C=O) groups excluding carboxylic acids is 2. The van der Waals surface area contributed by atoms with E-state index in [1.165, 1.54) is 11.8 Å². The molecule has 1 atom stereocenters. The second kappa shape index (κ2) is 5.35. The third-order valence-corrected chi connectivity index (χ3v) is 2.40. The van der Waals surface area contributed by atoms with Crippen molar-refractivity contribution in [2.75, 3.05) is 5.75 Å². The zero-order valence-electron chi connectivity index (χ0n) is 7.22. The van der Waals surface area contributed by atoms with E-state index in [1.807, 2.05) is 6.92 Å². The molecule has 3 heteroatoms. The highest BCUT2D eigenvalue weighted by Gasteiger charge is 2.18. The molecule has 0 amide bonds. The molecule has 0 aliphatic carbocycles. The summed E-state index contributed by atoms with van der Waals surface area (Å²) in [7, 11) is 0. The average molecular weight is 174 g/mol. The van der Waals surface area contributed by atoms with Gasteiger partial charge in [-0.2, -0.15) is 0 Å². The van der Waals surface area contributed by atoms with Crippen molar-refractivity contribution in [2.45, 2.75) is 27.2 Å². The van der Waals surface area contributed by atoms with Gasteiger partial charge in [0.05, 0.1) is 5.92 Å². The van der Waals surface area contributed by atoms with E-state index in [0.717, 1.165) is 5.75 Å². The summed E-state index contributed by atoms with van der Waals surface area (Å²) in [4.78, 5) is 22.1. The smallest absolute Gasteiger partial charge is 0.199 e. The van der Waals surface area contributed by atoms with E-state index in [4.69, 9.17) is 0 Å². The maximum Gasteiger partial charge on any atom is 0.199 e. The van der Waals surface area contributed by atoms with Crippen molar-refractivity contribution in [1.29, 1.82) is 0 Å². The number of ketones is 1. The molecule has 11 heavy (non-hydrogen) atoms. The number of hydrogen-bond acceptors (Lipinski definition) is 3. The van der Waals surface area contributed by atoms with Crippen LogP contribution in [0.4, 0.5) is 0 Å². The summed E-state index contributed by atoms with van der Waals surface area (Å²) >= 11 is 1.22. The first-order valence-corrected chi connectivity index (χ1v) is 4.81. The summed E-state index contributed by atoms with van der Waals surface area (Å²) in [6.07, 6.45) is 0.456. The number of Topliss-reactive ketones (excluding diaryl/α,β-unsaturated/α-hetero) is 1. The van der Waals surface area contributed by atoms with Gasteiger partial charge in [0.25, 0.3) is 0 Å². The van der Waals surface area contributed by atoms with E-state index in [2.05, 4.69) is 0 Å². The number of carbonyl (C=O) groups is 2. The van der Waals surface area contributed by atoms with Gasteiger partial charge in [-0.05, 0) is 12.7 Å². The predicted molar refractivity (Wildman–Crippen MR) is 47.6 cm³/mol. The van der Waals surface area contributed by atoms with E-state index in [9.17, 15) is 9.59 Å². The Balaban J connectivity index is 3.91. The van der Waals surface area contributed by atoms with Crippen molar-refractivity contribution >= 4 is 22.7 Å². The quantitative estimate of drug-likeness (QED) is 0.610. The molecule has 0 aliphatic heterocycles. The molecule has 0 saturated carbocycles. The monoisotopic (exact) mass is 174 g/mol. The Bertz CT molecular complexity index is 154. The van der Waals surface area contributed by atoms with Crippen LogP contribution in [0.25, 0.3) is 0 Å². The molecular weight excluding hydrogens is 160 g/mol. The minimum Gasteiger partial charge on any atom is -0.299 e. The highest BCUT2D eigenvalue weighted by Crippen LogP contribution is 2.12. The average Bonchev–Trinajstić information content (AvgIpc) is 2.02. The van der Waals surface area contributed by atoms with Gasteiger partial charge in [-0.25, -0.2) is 0 Å². The zero-order chi connectivity index (χ0) is 8.85. The van der Waals surface area contributed by atoms with Crippen LogP contribution in [0.5, 0.6) is 0 Å². The summed E-state index contributed by atoms with van der Waals surface area (Å²) in [5, 5.41) is -0.000602. The van der Waals surface area contributed by atoms with E-state index in [1.54, 1.807) is 13.8 Å². The lowest BCUT2D eigenvalue weighted by atomic mass is 10.1. The molecule has 0 N–H and O–H groups in total. The Morgan fingerprint density at radius 2 is 1.91 bits per heavy atom. The molecule has 0 bridgehead atoms. The lowest BCUT2D eigenvalue weighted by Crippen LogP contribution is -2.17. The molecule has 0 radical (unpaired) electrons. The van der Waals surface area contributed by atoms with E-state index in [-0.39, 0.29) is 10.9 Å². The summed E-state index contributed by atoms with van der Waals surface area (Å²) in [6.45, 7) is 5.37. The molecular formula is C8H14O2S. The fourth-order valence-corrected chi connectivity index (χ4v) is 1.37. The van der Waals surface area contributed by atoms with Crippen molar-refractivity contribution in [1.82, 2.24) is 0 Å². The van der Waals surface area contributed by atoms with Gasteiger partial charge in [0.15, 0.2) is 5.12 Å². The Kier molecular flexibility index (Phi) is 5.20. The standard InChI is InChI=1S/C8H14O2S/c1-4-7(9)6(3)8(10)11-5-2/h6H,4-5H2,1-3H3. The largest absolute Gasteiger partial charge is 0.299 e. The van der Waals surface area contributed by atoms with Gasteiger partial charge >= 0.3 is 0 Å². The molecule has 0 rings (SSSR count). The van der Waals surface area contributed by atoms with Crippen LogP contribution >= 0.6 is 11.8 Å². The van der Waals surface area contributed by atoms with Crippen LogP contribution in [0.2, 0.25) is 0 Å². The molecule has 64 valence electrons. The first-order valence-electron chi connectivity index (χ1n) is 3.82. The first kappa shape index (κ1) is 10.7. The van der Waals surface area contributed by atoms with Crippen LogP contribution in [0.3, 0.4) is 0 Å². The SMILES string of the molecule is CCSC(=O)C(C)C(=O)CC. The van der Waals surface area contributed by atoms with Crippen LogP contribution in [0.15, 0.2) is 0 Å². The molecule has 0 saturated heterocycles. The van der Waals surface area contributed by atoms with Gasteiger partial charge < -0.3 is 0 Å². The van der Waals surface area contributed by atoms with Gasteiger partial charge in [0, 0.05) is 6.42 Å². The normalized spacial score (nSPS) is 12.6. The van der Waals surface area contributed by atoms with Gasteiger partial charge in [-0.1, -0.05) is 25.6 Å². The van der Waals surface area contributed by atoms with Crippen LogP contribution in [0, 0.1) is 5.92 Å². The Morgan fingerprint density at radius 3 is 2.27 bits per heavy atom. The maximum atomic E-state index is 11.1.